The molecule has 5 heteroatoms. The van der Waals surface area contributed by atoms with Gasteiger partial charge < -0.3 is 15.7 Å². The average molecular weight is 345 g/mol. The van der Waals surface area contributed by atoms with Crippen molar-refractivity contribution in [2.75, 3.05) is 10.6 Å². The Balaban J connectivity index is 1.99. The van der Waals surface area contributed by atoms with Crippen LogP contribution in [0.4, 0.5) is 17.1 Å². The Labute approximate surface area is 146 Å². The van der Waals surface area contributed by atoms with Crippen LogP contribution in [0, 0.1) is 6.92 Å². The van der Waals surface area contributed by atoms with Crippen LogP contribution in [0.1, 0.15) is 41.8 Å². The highest BCUT2D eigenvalue weighted by Gasteiger charge is 2.21. The predicted molar refractivity (Wildman–Crippen MR) is 98.5 cm³/mol. The number of hydrogen-bond donors (Lipinski definition) is 3. The molecule has 4 nitrogen and oxygen atoms in total. The van der Waals surface area contributed by atoms with Crippen molar-refractivity contribution in [3.8, 4) is 0 Å². The van der Waals surface area contributed by atoms with Crippen LogP contribution in [0.2, 0.25) is 5.02 Å². The standard InChI is InChI=1S/C19H21ClN2O2/c1-11-8-16-17(9-12(11)6-7-19(2,3)24)21-15-10-13(20)4-5-14(15)18(23)22-16/h4-5,8-10,21,24H,6-7H2,1-3H3,(H,22,23). The molecule has 0 spiro atoms. The van der Waals surface area contributed by atoms with Crippen molar-refractivity contribution >= 4 is 34.6 Å². The average Bonchev–Trinajstić information content (AvgIpc) is 2.59. The number of fused-ring (bicyclic) bond motifs is 2. The number of aliphatic hydroxyl groups is 1. The van der Waals surface area contributed by atoms with Gasteiger partial charge in [0.05, 0.1) is 28.2 Å². The molecule has 0 atom stereocenters. The van der Waals surface area contributed by atoms with Gasteiger partial charge in [0.2, 0.25) is 0 Å². The van der Waals surface area contributed by atoms with Crippen molar-refractivity contribution < 1.29 is 9.90 Å². The Hall–Kier alpha value is -2.04. The first-order valence-corrected chi connectivity index (χ1v) is 8.34. The third-order valence-electron chi connectivity index (χ3n) is 4.23. The predicted octanol–water partition coefficient (Wildman–Crippen LogP) is 4.66. The number of halogens is 1. The molecule has 24 heavy (non-hydrogen) atoms. The molecule has 0 saturated heterocycles. The van der Waals surface area contributed by atoms with Crippen LogP contribution >= 0.6 is 11.6 Å². The summed E-state index contributed by atoms with van der Waals surface area (Å²) in [6.45, 7) is 5.63. The summed E-state index contributed by atoms with van der Waals surface area (Å²) < 4.78 is 0. The van der Waals surface area contributed by atoms with Crippen molar-refractivity contribution in [2.24, 2.45) is 0 Å². The molecule has 3 rings (SSSR count). The Bertz CT molecular complexity index is 810. The molecule has 0 unspecified atom stereocenters. The van der Waals surface area contributed by atoms with Gasteiger partial charge in [0.15, 0.2) is 0 Å². The Morgan fingerprint density at radius 2 is 1.79 bits per heavy atom. The lowest BCUT2D eigenvalue weighted by atomic mass is 9.95. The van der Waals surface area contributed by atoms with Crippen molar-refractivity contribution in [3.63, 3.8) is 0 Å². The summed E-state index contributed by atoms with van der Waals surface area (Å²) in [5.41, 5.74) is 4.35. The Morgan fingerprint density at radius 3 is 2.50 bits per heavy atom. The summed E-state index contributed by atoms with van der Waals surface area (Å²) >= 11 is 6.06. The zero-order chi connectivity index (χ0) is 17.5. The molecule has 0 aromatic heterocycles. The number of carbonyl (C=O) groups is 1. The quantitative estimate of drug-likeness (QED) is 0.758. The molecular weight excluding hydrogens is 324 g/mol. The fourth-order valence-corrected chi connectivity index (χ4v) is 2.99. The molecule has 2 aromatic rings. The maximum Gasteiger partial charge on any atom is 0.257 e. The SMILES string of the molecule is Cc1cc2c(cc1CCC(C)(C)O)Nc1cc(Cl)ccc1C(=O)N2. The lowest BCUT2D eigenvalue weighted by Gasteiger charge is -2.19. The van der Waals surface area contributed by atoms with E-state index in [-0.39, 0.29) is 5.91 Å². The fourth-order valence-electron chi connectivity index (χ4n) is 2.82. The second kappa shape index (κ2) is 6.11. The van der Waals surface area contributed by atoms with Crippen LogP contribution in [0.25, 0.3) is 0 Å². The molecule has 3 N–H and O–H groups in total. The zero-order valence-corrected chi connectivity index (χ0v) is 14.8. The van der Waals surface area contributed by atoms with E-state index in [1.165, 1.54) is 0 Å². The number of aryl methyl sites for hydroxylation is 2. The minimum Gasteiger partial charge on any atom is -0.390 e. The molecule has 2 aromatic carbocycles. The topological polar surface area (TPSA) is 61.4 Å². The summed E-state index contributed by atoms with van der Waals surface area (Å²) in [7, 11) is 0. The van der Waals surface area contributed by atoms with Crippen LogP contribution in [0.3, 0.4) is 0 Å². The van der Waals surface area contributed by atoms with Gasteiger partial charge in [-0.05, 0) is 75.1 Å². The summed E-state index contributed by atoms with van der Waals surface area (Å²) in [4.78, 5) is 12.4. The third kappa shape index (κ3) is 3.55. The number of benzene rings is 2. The number of nitrogens with one attached hydrogen (secondary N) is 2. The van der Waals surface area contributed by atoms with Gasteiger partial charge in [-0.2, -0.15) is 0 Å². The summed E-state index contributed by atoms with van der Waals surface area (Å²) in [5.74, 6) is -0.156. The molecule has 0 radical (unpaired) electrons. The number of rotatable bonds is 3. The molecule has 1 heterocycles. The highest BCUT2D eigenvalue weighted by atomic mass is 35.5. The van der Waals surface area contributed by atoms with Gasteiger partial charge in [-0.25, -0.2) is 0 Å². The lowest BCUT2D eigenvalue weighted by molar-refractivity contribution is 0.0713. The molecule has 1 aliphatic heterocycles. The van der Waals surface area contributed by atoms with Crippen molar-refractivity contribution in [3.05, 3.63) is 52.0 Å². The van der Waals surface area contributed by atoms with Crippen LogP contribution in [0.5, 0.6) is 0 Å². The first kappa shape index (κ1) is 16.8. The van der Waals surface area contributed by atoms with E-state index in [4.69, 9.17) is 11.6 Å². The highest BCUT2D eigenvalue weighted by Crippen LogP contribution is 2.35. The molecule has 0 saturated carbocycles. The molecule has 0 fully saturated rings. The van der Waals surface area contributed by atoms with E-state index in [1.54, 1.807) is 18.2 Å². The molecule has 1 amide bonds. The van der Waals surface area contributed by atoms with E-state index in [9.17, 15) is 9.90 Å². The minimum absolute atomic E-state index is 0.156. The molecule has 126 valence electrons. The minimum atomic E-state index is -0.707. The first-order chi connectivity index (χ1) is 11.2. The fraction of sp³-hybridized carbons (Fsp3) is 0.316. The van der Waals surface area contributed by atoms with Gasteiger partial charge in [-0.15, -0.1) is 0 Å². The monoisotopic (exact) mass is 344 g/mol. The molecule has 1 aliphatic rings. The summed E-state index contributed by atoms with van der Waals surface area (Å²) in [6, 6.07) is 9.17. The van der Waals surface area contributed by atoms with E-state index in [2.05, 4.69) is 10.6 Å². The van der Waals surface area contributed by atoms with Crippen molar-refractivity contribution in [2.45, 2.75) is 39.2 Å². The highest BCUT2D eigenvalue weighted by molar-refractivity contribution is 6.31. The number of hydrogen-bond acceptors (Lipinski definition) is 3. The van der Waals surface area contributed by atoms with Gasteiger partial charge in [0.25, 0.3) is 5.91 Å². The second-order valence-electron chi connectivity index (χ2n) is 6.91. The number of amides is 1. The first-order valence-electron chi connectivity index (χ1n) is 7.97. The van der Waals surface area contributed by atoms with Crippen LogP contribution in [-0.4, -0.2) is 16.6 Å². The van der Waals surface area contributed by atoms with E-state index in [0.717, 1.165) is 28.9 Å². The Morgan fingerprint density at radius 1 is 1.08 bits per heavy atom. The third-order valence-corrected chi connectivity index (χ3v) is 4.46. The maximum absolute atomic E-state index is 12.4. The summed E-state index contributed by atoms with van der Waals surface area (Å²) in [6.07, 6.45) is 1.43. The van der Waals surface area contributed by atoms with Gasteiger partial charge in [-0.1, -0.05) is 11.6 Å². The number of carbonyl (C=O) groups excluding carboxylic acids is 1. The van der Waals surface area contributed by atoms with E-state index < -0.39 is 5.60 Å². The van der Waals surface area contributed by atoms with Crippen LogP contribution < -0.4 is 10.6 Å². The van der Waals surface area contributed by atoms with Gasteiger partial charge in [0, 0.05) is 5.02 Å². The van der Waals surface area contributed by atoms with Gasteiger partial charge >= 0.3 is 0 Å². The van der Waals surface area contributed by atoms with Crippen molar-refractivity contribution in [1.29, 1.82) is 0 Å². The second-order valence-corrected chi connectivity index (χ2v) is 7.34. The lowest BCUT2D eigenvalue weighted by Crippen LogP contribution is -2.19. The molecule has 0 bridgehead atoms. The smallest absolute Gasteiger partial charge is 0.257 e. The van der Waals surface area contributed by atoms with Gasteiger partial charge in [0.1, 0.15) is 0 Å². The van der Waals surface area contributed by atoms with Crippen LogP contribution in [0.15, 0.2) is 30.3 Å². The van der Waals surface area contributed by atoms with Gasteiger partial charge in [-0.3, -0.25) is 4.79 Å². The van der Waals surface area contributed by atoms with E-state index in [1.807, 2.05) is 32.9 Å². The zero-order valence-electron chi connectivity index (χ0n) is 14.0. The summed E-state index contributed by atoms with van der Waals surface area (Å²) in [5, 5.41) is 16.8. The van der Waals surface area contributed by atoms with E-state index >= 15 is 0 Å². The van der Waals surface area contributed by atoms with Crippen molar-refractivity contribution in [1.82, 2.24) is 0 Å². The number of anilines is 3. The Kier molecular flexibility index (Phi) is 4.28. The molecule has 0 aliphatic carbocycles. The largest absolute Gasteiger partial charge is 0.390 e. The maximum atomic E-state index is 12.4. The normalized spacial score (nSPS) is 13.5. The van der Waals surface area contributed by atoms with Crippen LogP contribution in [-0.2, 0) is 6.42 Å². The molecular formula is C19H21ClN2O2. The van der Waals surface area contributed by atoms with E-state index in [0.29, 0.717) is 22.7 Å².